The molecule has 0 spiro atoms. The summed E-state index contributed by atoms with van der Waals surface area (Å²) >= 11 is 1.91. The standard InChI is InChI=1S/C27H33NO3S/c28-16-17-29-18-19-30-20-21-31-22-23-32-27(24-10-4-1-5-11-24,25-12-6-2-7-13-25)26-14-8-3-9-15-26/h1-15H,16-23,28H2. The van der Waals surface area contributed by atoms with E-state index in [9.17, 15) is 0 Å². The molecule has 4 nitrogen and oxygen atoms in total. The van der Waals surface area contributed by atoms with Gasteiger partial charge in [-0.1, -0.05) is 91.0 Å². The van der Waals surface area contributed by atoms with Crippen LogP contribution in [0.25, 0.3) is 0 Å². The molecule has 0 aliphatic heterocycles. The molecule has 0 atom stereocenters. The average Bonchev–Trinajstić information content (AvgIpc) is 2.87. The Morgan fingerprint density at radius 1 is 0.531 bits per heavy atom. The molecule has 0 radical (unpaired) electrons. The Labute approximate surface area is 196 Å². The number of thioether (sulfide) groups is 1. The fourth-order valence-corrected chi connectivity index (χ4v) is 5.06. The van der Waals surface area contributed by atoms with Gasteiger partial charge in [0.15, 0.2) is 0 Å². The molecule has 0 aromatic heterocycles. The average molecular weight is 452 g/mol. The van der Waals surface area contributed by atoms with Crippen molar-refractivity contribution < 1.29 is 14.2 Å². The normalized spacial score (nSPS) is 11.5. The van der Waals surface area contributed by atoms with Crippen LogP contribution in [0.1, 0.15) is 16.7 Å². The summed E-state index contributed by atoms with van der Waals surface area (Å²) < 4.78 is 16.4. The summed E-state index contributed by atoms with van der Waals surface area (Å²) in [5.41, 5.74) is 9.19. The molecule has 5 heteroatoms. The molecule has 3 rings (SSSR count). The van der Waals surface area contributed by atoms with Crippen LogP contribution in [-0.2, 0) is 19.0 Å². The third-order valence-electron chi connectivity index (χ3n) is 5.09. The van der Waals surface area contributed by atoms with E-state index in [1.54, 1.807) is 0 Å². The van der Waals surface area contributed by atoms with Gasteiger partial charge in [0.25, 0.3) is 0 Å². The van der Waals surface area contributed by atoms with Crippen LogP contribution in [0.3, 0.4) is 0 Å². The van der Waals surface area contributed by atoms with Crippen molar-refractivity contribution in [1.29, 1.82) is 0 Å². The van der Waals surface area contributed by atoms with Crippen molar-refractivity contribution in [3.63, 3.8) is 0 Å². The van der Waals surface area contributed by atoms with E-state index in [1.165, 1.54) is 16.7 Å². The predicted octanol–water partition coefficient (Wildman–Crippen LogP) is 4.72. The van der Waals surface area contributed by atoms with Gasteiger partial charge in [-0.15, -0.1) is 11.8 Å². The maximum atomic E-state index is 5.86. The molecule has 0 unspecified atom stereocenters. The van der Waals surface area contributed by atoms with E-state index >= 15 is 0 Å². The maximum absolute atomic E-state index is 5.86. The Balaban J connectivity index is 1.64. The van der Waals surface area contributed by atoms with Gasteiger partial charge in [0, 0.05) is 12.3 Å². The molecule has 0 bridgehead atoms. The molecule has 0 amide bonds. The van der Waals surface area contributed by atoms with Gasteiger partial charge in [-0.05, 0) is 16.7 Å². The molecule has 0 aliphatic rings. The first-order chi connectivity index (χ1) is 15.9. The van der Waals surface area contributed by atoms with Crippen molar-refractivity contribution in [1.82, 2.24) is 0 Å². The summed E-state index contributed by atoms with van der Waals surface area (Å²) in [6.07, 6.45) is 0. The zero-order valence-electron chi connectivity index (χ0n) is 18.5. The van der Waals surface area contributed by atoms with Crippen molar-refractivity contribution in [2.24, 2.45) is 5.73 Å². The highest BCUT2D eigenvalue weighted by Crippen LogP contribution is 2.48. The van der Waals surface area contributed by atoms with Gasteiger partial charge in [-0.2, -0.15) is 0 Å². The van der Waals surface area contributed by atoms with Gasteiger partial charge in [-0.25, -0.2) is 0 Å². The number of hydrogen-bond donors (Lipinski definition) is 1. The summed E-state index contributed by atoms with van der Waals surface area (Å²) in [4.78, 5) is 0. The van der Waals surface area contributed by atoms with Crippen molar-refractivity contribution >= 4 is 11.8 Å². The smallest absolute Gasteiger partial charge is 0.0907 e. The zero-order chi connectivity index (χ0) is 22.3. The Kier molecular flexibility index (Phi) is 10.8. The van der Waals surface area contributed by atoms with Gasteiger partial charge in [0.1, 0.15) is 0 Å². The van der Waals surface area contributed by atoms with E-state index in [1.807, 2.05) is 11.8 Å². The first-order valence-corrected chi connectivity index (χ1v) is 12.1. The predicted molar refractivity (Wildman–Crippen MR) is 133 cm³/mol. The topological polar surface area (TPSA) is 53.7 Å². The lowest BCUT2D eigenvalue weighted by atomic mass is 9.84. The summed E-state index contributed by atoms with van der Waals surface area (Å²) in [6.45, 7) is 4.05. The monoisotopic (exact) mass is 451 g/mol. The van der Waals surface area contributed by atoms with Gasteiger partial charge < -0.3 is 19.9 Å². The molecule has 32 heavy (non-hydrogen) atoms. The van der Waals surface area contributed by atoms with E-state index < -0.39 is 0 Å². The molecule has 0 saturated heterocycles. The molecule has 0 saturated carbocycles. The first kappa shape index (κ1) is 24.5. The van der Waals surface area contributed by atoms with Crippen molar-refractivity contribution in [3.05, 3.63) is 108 Å². The van der Waals surface area contributed by atoms with Gasteiger partial charge in [0.05, 0.1) is 44.4 Å². The van der Waals surface area contributed by atoms with E-state index in [-0.39, 0.29) is 4.75 Å². The van der Waals surface area contributed by atoms with Crippen LogP contribution in [0.2, 0.25) is 0 Å². The summed E-state index contributed by atoms with van der Waals surface area (Å²) in [7, 11) is 0. The Hall–Kier alpha value is -2.15. The SMILES string of the molecule is NCCOCCOCCOCCSC(c1ccccc1)(c1ccccc1)c1ccccc1. The lowest BCUT2D eigenvalue weighted by Gasteiger charge is -2.35. The molecule has 170 valence electrons. The third kappa shape index (κ3) is 6.92. The van der Waals surface area contributed by atoms with Crippen LogP contribution in [-0.4, -0.2) is 51.9 Å². The van der Waals surface area contributed by atoms with Crippen LogP contribution in [0.15, 0.2) is 91.0 Å². The lowest BCUT2D eigenvalue weighted by molar-refractivity contribution is 0.0189. The molecule has 3 aromatic carbocycles. The lowest BCUT2D eigenvalue weighted by Crippen LogP contribution is -2.26. The minimum absolute atomic E-state index is 0.302. The van der Waals surface area contributed by atoms with E-state index in [2.05, 4.69) is 91.0 Å². The Bertz CT molecular complexity index is 765. The summed E-state index contributed by atoms with van der Waals surface area (Å²) in [5, 5.41) is 0. The molecular weight excluding hydrogens is 418 g/mol. The quantitative estimate of drug-likeness (QED) is 0.268. The van der Waals surface area contributed by atoms with Gasteiger partial charge in [-0.3, -0.25) is 0 Å². The van der Waals surface area contributed by atoms with Crippen LogP contribution in [0.5, 0.6) is 0 Å². The fourth-order valence-electron chi connectivity index (χ4n) is 3.65. The number of rotatable bonds is 15. The summed E-state index contributed by atoms with van der Waals surface area (Å²) in [5.74, 6) is 0.859. The first-order valence-electron chi connectivity index (χ1n) is 11.1. The number of benzene rings is 3. The molecule has 0 heterocycles. The number of hydrogen-bond acceptors (Lipinski definition) is 5. The van der Waals surface area contributed by atoms with Crippen LogP contribution in [0.4, 0.5) is 0 Å². The molecule has 3 aromatic rings. The van der Waals surface area contributed by atoms with E-state index in [0.29, 0.717) is 46.2 Å². The van der Waals surface area contributed by atoms with Crippen molar-refractivity contribution in [3.8, 4) is 0 Å². The Morgan fingerprint density at radius 3 is 1.31 bits per heavy atom. The van der Waals surface area contributed by atoms with Crippen LogP contribution < -0.4 is 5.73 Å². The second-order valence-corrected chi connectivity index (χ2v) is 8.56. The van der Waals surface area contributed by atoms with E-state index in [0.717, 1.165) is 5.75 Å². The molecular formula is C27H33NO3S. The molecule has 0 aliphatic carbocycles. The van der Waals surface area contributed by atoms with Crippen molar-refractivity contribution in [2.75, 3.05) is 51.9 Å². The van der Waals surface area contributed by atoms with Crippen LogP contribution >= 0.6 is 11.8 Å². The van der Waals surface area contributed by atoms with Gasteiger partial charge >= 0.3 is 0 Å². The highest BCUT2D eigenvalue weighted by atomic mass is 32.2. The molecule has 0 fully saturated rings. The minimum Gasteiger partial charge on any atom is -0.378 e. The number of nitrogens with two attached hydrogens (primary N) is 1. The fraction of sp³-hybridized carbons (Fsp3) is 0.333. The summed E-state index contributed by atoms with van der Waals surface area (Å²) in [6, 6.07) is 32.2. The van der Waals surface area contributed by atoms with Crippen molar-refractivity contribution in [2.45, 2.75) is 4.75 Å². The second-order valence-electron chi connectivity index (χ2n) is 7.25. The number of ether oxygens (including phenoxy) is 3. The zero-order valence-corrected chi connectivity index (χ0v) is 19.3. The largest absolute Gasteiger partial charge is 0.378 e. The maximum Gasteiger partial charge on any atom is 0.0907 e. The minimum atomic E-state index is -0.302. The molecule has 2 N–H and O–H groups in total. The van der Waals surface area contributed by atoms with Crippen LogP contribution in [0, 0.1) is 0 Å². The highest BCUT2D eigenvalue weighted by Gasteiger charge is 2.36. The highest BCUT2D eigenvalue weighted by molar-refractivity contribution is 8.00. The van der Waals surface area contributed by atoms with E-state index in [4.69, 9.17) is 19.9 Å². The second kappa shape index (κ2) is 14.1. The third-order valence-corrected chi connectivity index (χ3v) is 6.60. The van der Waals surface area contributed by atoms with Gasteiger partial charge in [0.2, 0.25) is 0 Å². The Morgan fingerprint density at radius 2 is 0.906 bits per heavy atom.